The lowest BCUT2D eigenvalue weighted by atomic mass is 10.1. The molecule has 0 bridgehead atoms. The summed E-state index contributed by atoms with van der Waals surface area (Å²) in [4.78, 5) is 0. The van der Waals surface area contributed by atoms with E-state index in [0.717, 1.165) is 12.1 Å². The zero-order valence-corrected chi connectivity index (χ0v) is 8.90. The van der Waals surface area contributed by atoms with Crippen LogP contribution in [0.5, 0.6) is 5.75 Å². The van der Waals surface area contributed by atoms with Gasteiger partial charge in [-0.05, 0) is 24.6 Å². The van der Waals surface area contributed by atoms with Gasteiger partial charge in [0.15, 0.2) is 0 Å². The zero-order chi connectivity index (χ0) is 11.6. The maximum atomic E-state index is 13.1. The SMILES string of the molecule is COc1cc(C)c(Cl)cc1C(F)(F)C#N. The van der Waals surface area contributed by atoms with Crippen molar-refractivity contribution in [3.8, 4) is 11.8 Å². The van der Waals surface area contributed by atoms with Crippen molar-refractivity contribution in [3.05, 3.63) is 28.3 Å². The lowest BCUT2D eigenvalue weighted by Crippen LogP contribution is -2.12. The number of hydrogen-bond donors (Lipinski definition) is 0. The van der Waals surface area contributed by atoms with Crippen molar-refractivity contribution in [1.82, 2.24) is 0 Å². The van der Waals surface area contributed by atoms with Gasteiger partial charge in [0.25, 0.3) is 0 Å². The van der Waals surface area contributed by atoms with E-state index in [4.69, 9.17) is 21.6 Å². The first-order chi connectivity index (χ1) is 6.92. The molecular weight excluding hydrogens is 224 g/mol. The van der Waals surface area contributed by atoms with Gasteiger partial charge in [-0.25, -0.2) is 0 Å². The fraction of sp³-hybridized carbons (Fsp3) is 0.300. The molecule has 0 radical (unpaired) electrons. The summed E-state index contributed by atoms with van der Waals surface area (Å²) < 4.78 is 31.1. The second-order valence-corrected chi connectivity index (χ2v) is 3.40. The molecule has 0 aromatic heterocycles. The van der Waals surface area contributed by atoms with E-state index in [2.05, 4.69) is 0 Å². The van der Waals surface area contributed by atoms with Crippen molar-refractivity contribution in [2.24, 2.45) is 0 Å². The van der Waals surface area contributed by atoms with Crippen LogP contribution >= 0.6 is 11.6 Å². The molecule has 0 aliphatic rings. The summed E-state index contributed by atoms with van der Waals surface area (Å²) in [6.45, 7) is 1.67. The van der Waals surface area contributed by atoms with E-state index in [1.807, 2.05) is 0 Å². The zero-order valence-electron chi connectivity index (χ0n) is 8.14. The molecule has 1 aromatic rings. The van der Waals surface area contributed by atoms with Crippen LogP contribution in [-0.2, 0) is 5.92 Å². The Morgan fingerprint density at radius 3 is 2.53 bits per heavy atom. The van der Waals surface area contributed by atoms with Crippen molar-refractivity contribution >= 4 is 11.6 Å². The summed E-state index contributed by atoms with van der Waals surface area (Å²) in [6, 6.07) is 3.34. The molecule has 2 nitrogen and oxygen atoms in total. The third-order valence-electron chi connectivity index (χ3n) is 1.96. The first kappa shape index (κ1) is 11.7. The van der Waals surface area contributed by atoms with Gasteiger partial charge in [-0.15, -0.1) is 0 Å². The van der Waals surface area contributed by atoms with E-state index in [-0.39, 0.29) is 10.8 Å². The highest BCUT2D eigenvalue weighted by Crippen LogP contribution is 2.37. The van der Waals surface area contributed by atoms with E-state index >= 15 is 0 Å². The van der Waals surface area contributed by atoms with Gasteiger partial charge in [-0.3, -0.25) is 0 Å². The molecule has 0 N–H and O–H groups in total. The molecule has 1 rings (SSSR count). The van der Waals surface area contributed by atoms with Gasteiger partial charge in [0.05, 0.1) is 12.7 Å². The van der Waals surface area contributed by atoms with Crippen LogP contribution in [0.1, 0.15) is 11.1 Å². The number of nitrogens with zero attached hydrogens (tertiary/aromatic N) is 1. The molecule has 0 saturated heterocycles. The summed E-state index contributed by atoms with van der Waals surface area (Å²) in [6.07, 6.45) is 0. The first-order valence-electron chi connectivity index (χ1n) is 4.06. The van der Waals surface area contributed by atoms with E-state index in [9.17, 15) is 8.78 Å². The number of alkyl halides is 2. The molecule has 0 aliphatic carbocycles. The van der Waals surface area contributed by atoms with Crippen molar-refractivity contribution in [3.63, 3.8) is 0 Å². The number of benzene rings is 1. The minimum atomic E-state index is -3.59. The molecule has 0 heterocycles. The Morgan fingerprint density at radius 1 is 1.47 bits per heavy atom. The number of methoxy groups -OCH3 is 1. The fourth-order valence-corrected chi connectivity index (χ4v) is 1.29. The quantitative estimate of drug-likeness (QED) is 0.783. The summed E-state index contributed by atoms with van der Waals surface area (Å²) in [7, 11) is 1.26. The fourth-order valence-electron chi connectivity index (χ4n) is 1.13. The molecule has 15 heavy (non-hydrogen) atoms. The van der Waals surface area contributed by atoms with Gasteiger partial charge in [-0.1, -0.05) is 11.6 Å². The maximum Gasteiger partial charge on any atom is 0.361 e. The number of rotatable bonds is 2. The smallest absolute Gasteiger partial charge is 0.361 e. The summed E-state index contributed by atoms with van der Waals surface area (Å²) in [5.74, 6) is -3.63. The van der Waals surface area contributed by atoms with Crippen LogP contribution in [0.15, 0.2) is 12.1 Å². The van der Waals surface area contributed by atoms with E-state index in [0.29, 0.717) is 5.56 Å². The maximum absolute atomic E-state index is 13.1. The van der Waals surface area contributed by atoms with Gasteiger partial charge in [0.2, 0.25) is 0 Å². The normalized spacial score (nSPS) is 10.9. The molecule has 0 atom stereocenters. The predicted octanol–water partition coefficient (Wildman–Crippen LogP) is 3.27. The third kappa shape index (κ3) is 2.18. The number of hydrogen-bond acceptors (Lipinski definition) is 2. The second-order valence-electron chi connectivity index (χ2n) is 2.99. The number of aryl methyl sites for hydroxylation is 1. The van der Waals surface area contributed by atoms with Gasteiger partial charge >= 0.3 is 5.92 Å². The molecule has 80 valence electrons. The summed E-state index contributed by atoms with van der Waals surface area (Å²) in [5, 5.41) is 8.51. The van der Waals surface area contributed by atoms with Gasteiger partial charge in [0.1, 0.15) is 11.8 Å². The Labute approximate surface area is 91.0 Å². The predicted molar refractivity (Wildman–Crippen MR) is 52.2 cm³/mol. The molecule has 0 unspecified atom stereocenters. The van der Waals surface area contributed by atoms with Crippen LogP contribution in [0.3, 0.4) is 0 Å². The minimum Gasteiger partial charge on any atom is -0.496 e. The van der Waals surface area contributed by atoms with Gasteiger partial charge in [0, 0.05) is 5.02 Å². The monoisotopic (exact) mass is 231 g/mol. The molecule has 0 spiro atoms. The number of ether oxygens (including phenoxy) is 1. The Kier molecular flexibility index (Phi) is 3.15. The van der Waals surface area contributed by atoms with E-state index in [1.54, 1.807) is 6.92 Å². The highest BCUT2D eigenvalue weighted by molar-refractivity contribution is 6.31. The van der Waals surface area contributed by atoms with Gasteiger partial charge in [-0.2, -0.15) is 14.0 Å². The third-order valence-corrected chi connectivity index (χ3v) is 2.37. The first-order valence-corrected chi connectivity index (χ1v) is 4.44. The van der Waals surface area contributed by atoms with E-state index < -0.39 is 11.5 Å². The molecule has 0 aliphatic heterocycles. The van der Waals surface area contributed by atoms with Crippen molar-refractivity contribution < 1.29 is 13.5 Å². The average molecular weight is 232 g/mol. The highest BCUT2D eigenvalue weighted by Gasteiger charge is 2.35. The topological polar surface area (TPSA) is 33.0 Å². The van der Waals surface area contributed by atoms with Crippen molar-refractivity contribution in [1.29, 1.82) is 5.26 Å². The van der Waals surface area contributed by atoms with Crippen LogP contribution in [0, 0.1) is 18.3 Å². The molecule has 0 amide bonds. The minimum absolute atomic E-state index is 0.0385. The Morgan fingerprint density at radius 2 is 2.07 bits per heavy atom. The Bertz CT molecular complexity index is 426. The van der Waals surface area contributed by atoms with Crippen LogP contribution < -0.4 is 4.74 Å². The van der Waals surface area contributed by atoms with Crippen LogP contribution in [0.4, 0.5) is 8.78 Å². The Hall–Kier alpha value is -1.34. The van der Waals surface area contributed by atoms with Gasteiger partial charge < -0.3 is 4.74 Å². The van der Waals surface area contributed by atoms with Crippen LogP contribution in [0.25, 0.3) is 0 Å². The van der Waals surface area contributed by atoms with E-state index in [1.165, 1.54) is 13.2 Å². The molecule has 0 saturated carbocycles. The van der Waals surface area contributed by atoms with Crippen molar-refractivity contribution in [2.45, 2.75) is 12.8 Å². The molecule has 0 fully saturated rings. The Balaban J connectivity index is 3.42. The van der Waals surface area contributed by atoms with Crippen LogP contribution in [-0.4, -0.2) is 7.11 Å². The van der Waals surface area contributed by atoms with Crippen molar-refractivity contribution in [2.75, 3.05) is 7.11 Å². The molecule has 1 aromatic carbocycles. The number of nitriles is 1. The van der Waals surface area contributed by atoms with Crippen LogP contribution in [0.2, 0.25) is 5.02 Å². The highest BCUT2D eigenvalue weighted by atomic mass is 35.5. The standard InChI is InChI=1S/C10H8ClF2NO/c1-6-3-9(15-2)7(4-8(6)11)10(12,13)5-14/h3-4H,1-2H3. The molecule has 5 heteroatoms. The largest absolute Gasteiger partial charge is 0.496 e. The second kappa shape index (κ2) is 4.03. The lowest BCUT2D eigenvalue weighted by molar-refractivity contribution is 0.0584. The summed E-state index contributed by atoms with van der Waals surface area (Å²) in [5.41, 5.74) is 0.106. The number of halogens is 3. The molecular formula is C10H8ClF2NO. The average Bonchev–Trinajstić information content (AvgIpc) is 2.21. The summed E-state index contributed by atoms with van der Waals surface area (Å²) >= 11 is 5.71. The lowest BCUT2D eigenvalue weighted by Gasteiger charge is -2.14.